The van der Waals surface area contributed by atoms with Gasteiger partial charge in [0, 0.05) is 4.83 Å². The minimum absolute atomic E-state index is 0.840. The molecule has 1 rings (SSSR count). The lowest BCUT2D eigenvalue weighted by Crippen LogP contribution is -1.97. The van der Waals surface area contributed by atoms with E-state index in [4.69, 9.17) is 0 Å². The summed E-state index contributed by atoms with van der Waals surface area (Å²) in [7, 11) is 0. The molecule has 1 aliphatic carbocycles. The molecule has 1 saturated carbocycles. The Morgan fingerprint density at radius 1 is 1.62 bits per heavy atom. The van der Waals surface area contributed by atoms with E-state index >= 15 is 0 Å². The van der Waals surface area contributed by atoms with Crippen LogP contribution in [0.2, 0.25) is 0 Å². The molecule has 0 N–H and O–H groups in total. The van der Waals surface area contributed by atoms with E-state index in [-0.39, 0.29) is 0 Å². The van der Waals surface area contributed by atoms with Crippen LogP contribution in [-0.4, -0.2) is 4.83 Å². The van der Waals surface area contributed by atoms with Crippen molar-refractivity contribution in [2.45, 2.75) is 37.4 Å². The predicted octanol–water partition coefficient (Wildman–Crippen LogP) is 2.96. The summed E-state index contributed by atoms with van der Waals surface area (Å²) < 4.78 is 0. The first-order valence-corrected chi connectivity index (χ1v) is 4.40. The fraction of sp³-hybridized carbons (Fsp3) is 1.00. The van der Waals surface area contributed by atoms with Crippen molar-refractivity contribution in [3.05, 3.63) is 0 Å². The highest BCUT2D eigenvalue weighted by Gasteiger charge is 2.27. The fourth-order valence-electron chi connectivity index (χ4n) is 0.969. The molecule has 1 heteroatoms. The van der Waals surface area contributed by atoms with E-state index in [0.29, 0.717) is 0 Å². The molecule has 8 heavy (non-hydrogen) atoms. The minimum Gasteiger partial charge on any atom is -0.0888 e. The lowest BCUT2D eigenvalue weighted by molar-refractivity contribution is 0.683. The van der Waals surface area contributed by atoms with Gasteiger partial charge in [-0.3, -0.25) is 0 Å². The van der Waals surface area contributed by atoms with Crippen molar-refractivity contribution in [2.24, 2.45) is 5.92 Å². The van der Waals surface area contributed by atoms with E-state index < -0.39 is 0 Å². The van der Waals surface area contributed by atoms with Crippen molar-refractivity contribution in [1.82, 2.24) is 0 Å². The van der Waals surface area contributed by atoms with Gasteiger partial charge in [0.15, 0.2) is 0 Å². The largest absolute Gasteiger partial charge is 0.0888 e. The molecular weight excluding hydrogens is 164 g/mol. The molecule has 0 spiro atoms. The van der Waals surface area contributed by atoms with E-state index in [0.717, 1.165) is 10.7 Å². The van der Waals surface area contributed by atoms with Crippen LogP contribution >= 0.6 is 15.9 Å². The van der Waals surface area contributed by atoms with Gasteiger partial charge in [-0.05, 0) is 25.2 Å². The van der Waals surface area contributed by atoms with Crippen molar-refractivity contribution >= 4 is 15.9 Å². The highest BCUT2D eigenvalue weighted by molar-refractivity contribution is 9.09. The van der Waals surface area contributed by atoms with Gasteiger partial charge < -0.3 is 0 Å². The summed E-state index contributed by atoms with van der Waals surface area (Å²) in [6.45, 7) is 2.25. The average Bonchev–Trinajstić information content (AvgIpc) is 2.45. The second kappa shape index (κ2) is 2.86. The van der Waals surface area contributed by atoms with Gasteiger partial charge in [0.1, 0.15) is 0 Å². The van der Waals surface area contributed by atoms with E-state index in [1.165, 1.54) is 25.7 Å². The van der Waals surface area contributed by atoms with Crippen LogP contribution in [0.4, 0.5) is 0 Å². The maximum absolute atomic E-state index is 3.66. The molecule has 1 unspecified atom stereocenters. The molecule has 0 nitrogen and oxygen atoms in total. The van der Waals surface area contributed by atoms with Crippen molar-refractivity contribution in [1.29, 1.82) is 0 Å². The Morgan fingerprint density at radius 3 is 2.62 bits per heavy atom. The van der Waals surface area contributed by atoms with Crippen molar-refractivity contribution in [3.8, 4) is 0 Å². The molecule has 0 aromatic heterocycles. The van der Waals surface area contributed by atoms with Gasteiger partial charge in [-0.15, -0.1) is 0 Å². The molecule has 1 fully saturated rings. The maximum Gasteiger partial charge on any atom is 0.0174 e. The summed E-state index contributed by atoms with van der Waals surface area (Å²) in [6, 6.07) is 0. The van der Waals surface area contributed by atoms with E-state index in [9.17, 15) is 0 Å². The first-order valence-electron chi connectivity index (χ1n) is 3.48. The van der Waals surface area contributed by atoms with Gasteiger partial charge in [-0.2, -0.15) is 0 Å². The van der Waals surface area contributed by atoms with E-state index in [2.05, 4.69) is 22.9 Å². The highest BCUT2D eigenvalue weighted by atomic mass is 79.9. The van der Waals surface area contributed by atoms with E-state index in [1.54, 1.807) is 0 Å². The van der Waals surface area contributed by atoms with Gasteiger partial charge in [0.05, 0.1) is 0 Å². The van der Waals surface area contributed by atoms with E-state index in [1.807, 2.05) is 0 Å². The lowest BCUT2D eigenvalue weighted by Gasteiger charge is -2.02. The Kier molecular flexibility index (Phi) is 2.36. The van der Waals surface area contributed by atoms with Gasteiger partial charge >= 0.3 is 0 Å². The zero-order chi connectivity index (χ0) is 5.98. The Balaban J connectivity index is 2.03. The SMILES string of the molecule is CCCC(Br)C1CC1. The quantitative estimate of drug-likeness (QED) is 0.581. The van der Waals surface area contributed by atoms with Crippen LogP contribution in [0, 0.1) is 5.92 Å². The average molecular weight is 177 g/mol. The monoisotopic (exact) mass is 176 g/mol. The van der Waals surface area contributed by atoms with Crippen LogP contribution in [0.25, 0.3) is 0 Å². The first-order chi connectivity index (χ1) is 3.84. The highest BCUT2D eigenvalue weighted by Crippen LogP contribution is 2.38. The fourth-order valence-corrected chi connectivity index (χ4v) is 1.96. The van der Waals surface area contributed by atoms with Crippen LogP contribution in [0.15, 0.2) is 0 Å². The van der Waals surface area contributed by atoms with Crippen LogP contribution in [0.3, 0.4) is 0 Å². The number of rotatable bonds is 3. The van der Waals surface area contributed by atoms with Crippen LogP contribution < -0.4 is 0 Å². The summed E-state index contributed by atoms with van der Waals surface area (Å²) in [5.41, 5.74) is 0. The van der Waals surface area contributed by atoms with Crippen LogP contribution in [0.5, 0.6) is 0 Å². The molecule has 0 heterocycles. The first kappa shape index (κ1) is 6.60. The summed E-state index contributed by atoms with van der Waals surface area (Å²) in [6.07, 6.45) is 5.63. The van der Waals surface area contributed by atoms with Gasteiger partial charge in [-0.25, -0.2) is 0 Å². The minimum atomic E-state index is 0.840. The third kappa shape index (κ3) is 1.77. The molecule has 0 amide bonds. The number of hydrogen-bond donors (Lipinski definition) is 0. The number of hydrogen-bond acceptors (Lipinski definition) is 0. The summed E-state index contributed by atoms with van der Waals surface area (Å²) >= 11 is 3.66. The molecular formula is C7H13Br. The normalized spacial score (nSPS) is 23.2. The molecule has 0 aromatic carbocycles. The van der Waals surface area contributed by atoms with Crippen molar-refractivity contribution in [3.63, 3.8) is 0 Å². The standard InChI is InChI=1S/C7H13Br/c1-2-3-7(8)6-4-5-6/h6-7H,2-5H2,1H3. The summed E-state index contributed by atoms with van der Waals surface area (Å²) in [4.78, 5) is 0.840. The number of alkyl halides is 1. The third-order valence-electron chi connectivity index (χ3n) is 1.70. The molecule has 0 aliphatic heterocycles. The smallest absolute Gasteiger partial charge is 0.0174 e. The Morgan fingerprint density at radius 2 is 2.25 bits per heavy atom. The maximum atomic E-state index is 3.66. The molecule has 48 valence electrons. The van der Waals surface area contributed by atoms with Gasteiger partial charge in [0.25, 0.3) is 0 Å². The number of halogens is 1. The zero-order valence-electron chi connectivity index (χ0n) is 5.36. The van der Waals surface area contributed by atoms with Crippen LogP contribution in [-0.2, 0) is 0 Å². The molecule has 0 aromatic rings. The Labute approximate surface area is 59.8 Å². The predicted molar refractivity (Wildman–Crippen MR) is 40.3 cm³/mol. The summed E-state index contributed by atoms with van der Waals surface area (Å²) in [5.74, 6) is 1.04. The summed E-state index contributed by atoms with van der Waals surface area (Å²) in [5, 5.41) is 0. The molecule has 0 radical (unpaired) electrons. The van der Waals surface area contributed by atoms with Gasteiger partial charge in [-0.1, -0.05) is 29.3 Å². The van der Waals surface area contributed by atoms with Crippen LogP contribution in [0.1, 0.15) is 32.6 Å². The Hall–Kier alpha value is 0.480. The topological polar surface area (TPSA) is 0 Å². The molecule has 1 atom stereocenters. The van der Waals surface area contributed by atoms with Crippen molar-refractivity contribution in [2.75, 3.05) is 0 Å². The Bertz CT molecular complexity index is 66.8. The second-order valence-corrected chi connectivity index (χ2v) is 3.82. The third-order valence-corrected chi connectivity index (χ3v) is 2.90. The molecule has 1 aliphatic rings. The second-order valence-electron chi connectivity index (χ2n) is 2.64. The van der Waals surface area contributed by atoms with Gasteiger partial charge in [0.2, 0.25) is 0 Å². The lowest BCUT2D eigenvalue weighted by atomic mass is 10.2. The van der Waals surface area contributed by atoms with Crippen molar-refractivity contribution < 1.29 is 0 Å². The zero-order valence-corrected chi connectivity index (χ0v) is 6.95. The molecule has 0 bridgehead atoms. The molecule has 0 saturated heterocycles.